The Labute approximate surface area is 70.1 Å². The van der Waals surface area contributed by atoms with Gasteiger partial charge in [0.05, 0.1) is 0 Å². The average molecular weight is 342 g/mol. The van der Waals surface area contributed by atoms with Crippen LogP contribution in [0.4, 0.5) is 0 Å². The molecule has 0 aliphatic rings. The molecule has 0 aromatic carbocycles. The molecule has 0 aliphatic heterocycles. The fourth-order valence-electron chi connectivity index (χ4n) is 0.257. The minimum atomic E-state index is 0.0776. The third kappa shape index (κ3) is 4.28. The Morgan fingerprint density at radius 3 is 2.25 bits per heavy atom. The first-order valence-electron chi connectivity index (χ1n) is 2.24. The molecule has 0 rings (SSSR count). The summed E-state index contributed by atoms with van der Waals surface area (Å²) in [6.45, 7) is 4.17. The molecule has 0 spiro atoms. The number of hydrogen-bond acceptors (Lipinski definition) is 2. The van der Waals surface area contributed by atoms with Gasteiger partial charge < -0.3 is 0 Å². The summed E-state index contributed by atoms with van der Waals surface area (Å²) in [7, 11) is 1.79. The van der Waals surface area contributed by atoms with Crippen molar-refractivity contribution in [2.45, 2.75) is 17.5 Å². The molecule has 0 radical (unpaired) electrons. The second kappa shape index (κ2) is 4.24. The second-order valence-electron chi connectivity index (χ2n) is 1.74. The van der Waals surface area contributed by atoms with Crippen LogP contribution >= 0.6 is 18.6 Å². The maximum absolute atomic E-state index is 5.17. The van der Waals surface area contributed by atoms with Crippen LogP contribution in [-0.2, 0) is 4.84 Å². The van der Waals surface area contributed by atoms with Crippen LogP contribution < -0.4 is 22.7 Å². The van der Waals surface area contributed by atoms with E-state index in [1.807, 2.05) is 0 Å². The first kappa shape index (κ1) is 9.38. The third-order valence-electron chi connectivity index (χ3n) is 0.517. The molecule has 0 fully saturated rings. The summed E-state index contributed by atoms with van der Waals surface area (Å²) >= 11 is 2.54. The molecule has 0 saturated carbocycles. The average Bonchev–Trinajstić information content (AvgIpc) is 1.67. The molecule has 0 saturated heterocycles. The first-order valence-corrected chi connectivity index (χ1v) is 9.60. The Balaban J connectivity index is 3.37. The maximum atomic E-state index is 5.17. The van der Waals surface area contributed by atoms with Crippen molar-refractivity contribution < 1.29 is 22.1 Å². The van der Waals surface area contributed by atoms with Crippen molar-refractivity contribution in [3.05, 3.63) is 0 Å². The summed E-state index contributed by atoms with van der Waals surface area (Å²) in [5.41, 5.74) is 2.68. The molecule has 0 atom stereocenters. The van der Waals surface area contributed by atoms with E-state index in [4.69, 9.17) is 4.84 Å². The van der Waals surface area contributed by atoms with E-state index in [-0.39, 0.29) is 20.8 Å². The monoisotopic (exact) mass is 342 g/mol. The van der Waals surface area contributed by atoms with E-state index in [2.05, 4.69) is 37.9 Å². The zero-order valence-electron chi connectivity index (χ0n) is 5.16. The number of alkyl halides is 1. The Hall–Kier alpha value is 1.38. The van der Waals surface area contributed by atoms with Crippen LogP contribution in [0, 0.1) is 0 Å². The SMILES string of the molecule is CNOC(C)(C)[I-]I. The van der Waals surface area contributed by atoms with E-state index >= 15 is 0 Å². The van der Waals surface area contributed by atoms with Crippen LogP contribution in [-0.4, -0.2) is 10.7 Å². The fourth-order valence-corrected chi connectivity index (χ4v) is 1.12. The van der Waals surface area contributed by atoms with Crippen molar-refractivity contribution in [2.24, 2.45) is 0 Å². The van der Waals surface area contributed by atoms with Gasteiger partial charge in [0.25, 0.3) is 0 Å². The van der Waals surface area contributed by atoms with Crippen LogP contribution in [0.25, 0.3) is 0 Å². The Morgan fingerprint density at radius 2 is 2.12 bits per heavy atom. The Kier molecular flexibility index (Phi) is 4.97. The number of nitrogens with one attached hydrogen (secondary N) is 1. The molecule has 0 unspecified atom stereocenters. The van der Waals surface area contributed by atoms with Crippen molar-refractivity contribution in [1.82, 2.24) is 5.48 Å². The molecular weight excluding hydrogens is 332 g/mol. The van der Waals surface area contributed by atoms with Crippen molar-refractivity contribution >= 4 is 18.6 Å². The van der Waals surface area contributed by atoms with E-state index in [9.17, 15) is 0 Å². The van der Waals surface area contributed by atoms with Crippen LogP contribution in [0.3, 0.4) is 0 Å². The molecule has 0 aromatic heterocycles. The van der Waals surface area contributed by atoms with Gasteiger partial charge in [0.2, 0.25) is 0 Å². The number of hydrogen-bond donors (Lipinski definition) is 1. The molecule has 0 bridgehead atoms. The van der Waals surface area contributed by atoms with Crippen LogP contribution in [0.1, 0.15) is 13.8 Å². The zero-order chi connectivity index (χ0) is 6.62. The molecule has 4 heteroatoms. The topological polar surface area (TPSA) is 21.3 Å². The van der Waals surface area contributed by atoms with Crippen LogP contribution in [0.5, 0.6) is 0 Å². The summed E-state index contributed by atoms with van der Waals surface area (Å²) in [4.78, 5) is 5.17. The molecule has 0 aliphatic carbocycles. The Morgan fingerprint density at radius 1 is 1.62 bits per heavy atom. The van der Waals surface area contributed by atoms with Gasteiger partial charge in [0.1, 0.15) is 0 Å². The quantitative estimate of drug-likeness (QED) is 0.376. The van der Waals surface area contributed by atoms with Gasteiger partial charge in [-0.05, 0) is 0 Å². The van der Waals surface area contributed by atoms with E-state index in [0.29, 0.717) is 0 Å². The Bertz CT molecular complexity index is 67.1. The number of hydroxylamine groups is 1. The number of rotatable bonds is 3. The van der Waals surface area contributed by atoms with Gasteiger partial charge in [0.15, 0.2) is 0 Å². The standard InChI is InChI=1S/C4H10I2NO/c1-4(2,6-5)8-7-3/h7H,1-3H3/q-1. The van der Waals surface area contributed by atoms with Gasteiger partial charge >= 0.3 is 70.7 Å². The predicted molar refractivity (Wildman–Crippen MR) is 38.2 cm³/mol. The predicted octanol–water partition coefficient (Wildman–Crippen LogP) is -1.69. The second-order valence-corrected chi connectivity index (χ2v) is 7.48. The van der Waals surface area contributed by atoms with Crippen molar-refractivity contribution in [2.75, 3.05) is 7.05 Å². The summed E-state index contributed by atoms with van der Waals surface area (Å²) in [5.74, 6) is 0. The summed E-state index contributed by atoms with van der Waals surface area (Å²) in [6.07, 6.45) is 0. The van der Waals surface area contributed by atoms with E-state index < -0.39 is 0 Å². The molecule has 8 heavy (non-hydrogen) atoms. The van der Waals surface area contributed by atoms with Gasteiger partial charge in [-0.1, -0.05) is 0 Å². The molecule has 0 amide bonds. The number of halogens is 2. The zero-order valence-corrected chi connectivity index (χ0v) is 9.48. The normalized spacial score (nSPS) is 12.5. The molecular formula is C4H10I2NO-. The van der Waals surface area contributed by atoms with E-state index in [0.717, 1.165) is 0 Å². The van der Waals surface area contributed by atoms with Gasteiger partial charge in [-0.15, -0.1) is 0 Å². The molecule has 52 valence electrons. The van der Waals surface area contributed by atoms with Crippen molar-refractivity contribution in [1.29, 1.82) is 0 Å². The van der Waals surface area contributed by atoms with Gasteiger partial charge in [-0.2, -0.15) is 0 Å². The summed E-state index contributed by atoms with van der Waals surface area (Å²) in [5, 5.41) is 0. The van der Waals surface area contributed by atoms with Gasteiger partial charge in [-0.3, -0.25) is 0 Å². The molecule has 2 nitrogen and oxygen atoms in total. The molecule has 0 aromatic rings. The van der Waals surface area contributed by atoms with Crippen molar-refractivity contribution in [3.8, 4) is 0 Å². The van der Waals surface area contributed by atoms with Crippen LogP contribution in [0.2, 0.25) is 0 Å². The first-order chi connectivity index (χ1) is 3.62. The molecule has 0 heterocycles. The van der Waals surface area contributed by atoms with Gasteiger partial charge in [-0.25, -0.2) is 0 Å². The van der Waals surface area contributed by atoms with E-state index in [1.54, 1.807) is 7.05 Å². The minimum absolute atomic E-state index is 0.0776. The molecule has 1 N–H and O–H groups in total. The van der Waals surface area contributed by atoms with E-state index in [1.165, 1.54) is 0 Å². The van der Waals surface area contributed by atoms with Gasteiger partial charge in [0, 0.05) is 0 Å². The fraction of sp³-hybridized carbons (Fsp3) is 1.00. The van der Waals surface area contributed by atoms with Crippen LogP contribution in [0.15, 0.2) is 0 Å². The summed E-state index contributed by atoms with van der Waals surface area (Å²) < 4.78 is 0.0776. The summed E-state index contributed by atoms with van der Waals surface area (Å²) in [6, 6.07) is 0. The van der Waals surface area contributed by atoms with Crippen molar-refractivity contribution in [3.63, 3.8) is 0 Å². The third-order valence-corrected chi connectivity index (χ3v) is 8.31.